The lowest BCUT2D eigenvalue weighted by atomic mass is 10.1. The van der Waals surface area contributed by atoms with E-state index >= 15 is 0 Å². The molecule has 0 aromatic heterocycles. The Labute approximate surface area is 135 Å². The van der Waals surface area contributed by atoms with Crippen LogP contribution in [0.25, 0.3) is 0 Å². The Kier molecular flexibility index (Phi) is 5.02. The van der Waals surface area contributed by atoms with Gasteiger partial charge in [0.15, 0.2) is 0 Å². The number of halogens is 2. The largest absolute Gasteiger partial charge is 0.397 e. The summed E-state index contributed by atoms with van der Waals surface area (Å²) in [5.74, 6) is 0.506. The van der Waals surface area contributed by atoms with E-state index in [1.807, 2.05) is 6.92 Å². The third-order valence-electron chi connectivity index (χ3n) is 4.04. The van der Waals surface area contributed by atoms with Crippen LogP contribution >= 0.6 is 23.2 Å². The highest BCUT2D eigenvalue weighted by Gasteiger charge is 2.33. The molecule has 1 aliphatic heterocycles. The third-order valence-corrected chi connectivity index (χ3v) is 4.56. The number of likely N-dealkylation sites (tertiary alicyclic amines) is 1. The Bertz CT molecular complexity index is 527. The van der Waals surface area contributed by atoms with Crippen LogP contribution in [0.3, 0.4) is 0 Å². The maximum Gasteiger partial charge on any atom is 0.241 e. The molecule has 3 atom stereocenters. The number of carbonyl (C=O) groups excluding carboxylic acids is 1. The van der Waals surface area contributed by atoms with Crippen molar-refractivity contribution in [2.45, 2.75) is 39.3 Å². The summed E-state index contributed by atoms with van der Waals surface area (Å²) < 4.78 is 0. The molecular weight excluding hydrogens is 309 g/mol. The molecule has 3 unspecified atom stereocenters. The molecule has 3 N–H and O–H groups in total. The van der Waals surface area contributed by atoms with Crippen molar-refractivity contribution in [2.75, 3.05) is 17.6 Å². The van der Waals surface area contributed by atoms with Crippen LogP contribution in [-0.4, -0.2) is 29.4 Å². The van der Waals surface area contributed by atoms with E-state index in [0.29, 0.717) is 33.4 Å². The maximum absolute atomic E-state index is 12.4. The zero-order valence-corrected chi connectivity index (χ0v) is 14.0. The molecule has 21 heavy (non-hydrogen) atoms. The second kappa shape index (κ2) is 6.42. The summed E-state index contributed by atoms with van der Waals surface area (Å²) in [5, 5.41) is 3.62. The summed E-state index contributed by atoms with van der Waals surface area (Å²) in [6, 6.07) is 3.32. The van der Waals surface area contributed by atoms with Crippen LogP contribution in [0.2, 0.25) is 10.0 Å². The van der Waals surface area contributed by atoms with Crippen molar-refractivity contribution in [3.8, 4) is 0 Å². The molecule has 1 amide bonds. The van der Waals surface area contributed by atoms with E-state index in [1.165, 1.54) is 0 Å². The van der Waals surface area contributed by atoms with Gasteiger partial charge >= 0.3 is 0 Å². The molecule has 0 saturated carbocycles. The summed E-state index contributed by atoms with van der Waals surface area (Å²) in [5.41, 5.74) is 6.68. The van der Waals surface area contributed by atoms with Gasteiger partial charge in [-0.05, 0) is 38.3 Å². The zero-order valence-electron chi connectivity index (χ0n) is 12.5. The van der Waals surface area contributed by atoms with E-state index in [0.717, 1.165) is 13.0 Å². The number of rotatable bonds is 3. The first kappa shape index (κ1) is 16.4. The first-order valence-corrected chi connectivity index (χ1v) is 7.86. The van der Waals surface area contributed by atoms with E-state index in [1.54, 1.807) is 12.1 Å². The fourth-order valence-corrected chi connectivity index (χ4v) is 3.53. The minimum Gasteiger partial charge on any atom is -0.397 e. The van der Waals surface area contributed by atoms with Crippen LogP contribution in [0.4, 0.5) is 11.4 Å². The van der Waals surface area contributed by atoms with Gasteiger partial charge in [0, 0.05) is 17.6 Å². The molecule has 1 fully saturated rings. The molecule has 1 saturated heterocycles. The van der Waals surface area contributed by atoms with Crippen LogP contribution in [0, 0.1) is 5.92 Å². The first-order valence-electron chi connectivity index (χ1n) is 7.10. The van der Waals surface area contributed by atoms with Crippen LogP contribution in [0.1, 0.15) is 27.2 Å². The number of benzene rings is 1. The van der Waals surface area contributed by atoms with E-state index in [9.17, 15) is 4.79 Å². The smallest absolute Gasteiger partial charge is 0.241 e. The first-order chi connectivity index (χ1) is 9.79. The standard InChI is InChI=1S/C15H21Cl2N3O/c1-8-4-9(2)20(7-8)10(3)15(21)19-14-12(17)5-11(16)6-13(14)18/h5-6,8-10H,4,7,18H2,1-3H3,(H,19,21). The number of carbonyl (C=O) groups is 1. The lowest BCUT2D eigenvalue weighted by Gasteiger charge is -2.28. The molecule has 1 heterocycles. The van der Waals surface area contributed by atoms with Crippen molar-refractivity contribution in [1.29, 1.82) is 0 Å². The molecule has 0 spiro atoms. The number of nitrogens with two attached hydrogens (primary N) is 1. The molecule has 2 rings (SSSR count). The van der Waals surface area contributed by atoms with Gasteiger partial charge in [-0.15, -0.1) is 0 Å². The number of amides is 1. The van der Waals surface area contributed by atoms with E-state index in [-0.39, 0.29) is 11.9 Å². The van der Waals surface area contributed by atoms with Gasteiger partial charge in [-0.25, -0.2) is 0 Å². The lowest BCUT2D eigenvalue weighted by Crippen LogP contribution is -2.44. The highest BCUT2D eigenvalue weighted by Crippen LogP contribution is 2.32. The molecule has 1 aliphatic rings. The normalized spacial score (nSPS) is 24.0. The number of anilines is 2. The van der Waals surface area contributed by atoms with Crippen LogP contribution in [0.5, 0.6) is 0 Å². The number of nitrogens with one attached hydrogen (secondary N) is 1. The van der Waals surface area contributed by atoms with Crippen LogP contribution in [0.15, 0.2) is 12.1 Å². The van der Waals surface area contributed by atoms with Crippen molar-refractivity contribution in [3.63, 3.8) is 0 Å². The van der Waals surface area contributed by atoms with E-state index in [2.05, 4.69) is 24.1 Å². The summed E-state index contributed by atoms with van der Waals surface area (Å²) in [6.07, 6.45) is 1.11. The minimum absolute atomic E-state index is 0.105. The topological polar surface area (TPSA) is 58.4 Å². The second-order valence-corrected chi connectivity index (χ2v) is 6.75. The van der Waals surface area contributed by atoms with Crippen molar-refractivity contribution in [2.24, 2.45) is 5.92 Å². The predicted molar refractivity (Wildman–Crippen MR) is 88.9 cm³/mol. The maximum atomic E-state index is 12.4. The number of nitrogens with zero attached hydrogens (tertiary/aromatic N) is 1. The third kappa shape index (κ3) is 3.62. The molecular formula is C15H21Cl2N3O. The van der Waals surface area contributed by atoms with Gasteiger partial charge in [-0.1, -0.05) is 30.1 Å². The predicted octanol–water partition coefficient (Wildman–Crippen LogP) is 3.63. The quantitative estimate of drug-likeness (QED) is 0.832. The molecule has 1 aromatic carbocycles. The van der Waals surface area contributed by atoms with Crippen LogP contribution in [-0.2, 0) is 4.79 Å². The summed E-state index contributed by atoms with van der Waals surface area (Å²) in [6.45, 7) is 7.19. The fraction of sp³-hybridized carbons (Fsp3) is 0.533. The highest BCUT2D eigenvalue weighted by atomic mass is 35.5. The highest BCUT2D eigenvalue weighted by molar-refractivity contribution is 6.37. The average Bonchev–Trinajstić information content (AvgIpc) is 2.71. The number of nitrogen functional groups attached to an aromatic ring is 1. The number of hydrogen-bond donors (Lipinski definition) is 2. The minimum atomic E-state index is -0.226. The van der Waals surface area contributed by atoms with E-state index < -0.39 is 0 Å². The summed E-state index contributed by atoms with van der Waals surface area (Å²) in [7, 11) is 0. The monoisotopic (exact) mass is 329 g/mol. The molecule has 0 aliphatic carbocycles. The number of hydrogen-bond acceptors (Lipinski definition) is 3. The van der Waals surface area contributed by atoms with Crippen molar-refractivity contribution < 1.29 is 4.79 Å². The summed E-state index contributed by atoms with van der Waals surface area (Å²) in [4.78, 5) is 14.6. The Morgan fingerprint density at radius 3 is 2.62 bits per heavy atom. The molecule has 4 nitrogen and oxygen atoms in total. The zero-order chi connectivity index (χ0) is 15.7. The SMILES string of the molecule is CC1CC(C)N(C(C)C(=O)Nc2c(N)cc(Cl)cc2Cl)C1. The fourth-order valence-electron chi connectivity index (χ4n) is 2.98. The molecule has 6 heteroatoms. The van der Waals surface area contributed by atoms with Crippen molar-refractivity contribution in [1.82, 2.24) is 4.90 Å². The van der Waals surface area contributed by atoms with E-state index in [4.69, 9.17) is 28.9 Å². The van der Waals surface area contributed by atoms with Gasteiger partial charge in [0.05, 0.1) is 22.4 Å². The lowest BCUT2D eigenvalue weighted by molar-refractivity contribution is -0.121. The van der Waals surface area contributed by atoms with Crippen LogP contribution < -0.4 is 11.1 Å². The Morgan fingerprint density at radius 2 is 2.10 bits per heavy atom. The average molecular weight is 330 g/mol. The Hall–Kier alpha value is -0.970. The molecule has 1 aromatic rings. The van der Waals surface area contributed by atoms with Crippen molar-refractivity contribution in [3.05, 3.63) is 22.2 Å². The van der Waals surface area contributed by atoms with Gasteiger partial charge in [0.1, 0.15) is 0 Å². The Balaban J connectivity index is 2.11. The van der Waals surface area contributed by atoms with Gasteiger partial charge in [-0.2, -0.15) is 0 Å². The molecule has 0 bridgehead atoms. The van der Waals surface area contributed by atoms with Gasteiger partial charge in [0.2, 0.25) is 5.91 Å². The molecule has 0 radical (unpaired) electrons. The second-order valence-electron chi connectivity index (χ2n) is 5.90. The molecule has 116 valence electrons. The van der Waals surface area contributed by atoms with Gasteiger partial charge < -0.3 is 11.1 Å². The van der Waals surface area contributed by atoms with Crippen molar-refractivity contribution >= 4 is 40.5 Å². The van der Waals surface area contributed by atoms with Gasteiger partial charge in [0.25, 0.3) is 0 Å². The Morgan fingerprint density at radius 1 is 1.43 bits per heavy atom. The summed E-state index contributed by atoms with van der Waals surface area (Å²) >= 11 is 12.0. The van der Waals surface area contributed by atoms with Gasteiger partial charge in [-0.3, -0.25) is 9.69 Å².